The summed E-state index contributed by atoms with van der Waals surface area (Å²) in [5.41, 5.74) is 2.41. The van der Waals surface area contributed by atoms with E-state index < -0.39 is 41.4 Å². The number of imide groups is 3. The van der Waals surface area contributed by atoms with E-state index in [1.54, 1.807) is 115 Å². The Morgan fingerprint density at radius 1 is 0.313 bits per heavy atom. The number of hydrogen-bond acceptors (Lipinski definition) is 16. The molecule has 0 spiro atoms. The number of para-hydroxylation sites is 5. The number of amides is 6. The van der Waals surface area contributed by atoms with Gasteiger partial charge in [-0.15, -0.1) is 5.06 Å². The first kappa shape index (κ1) is 77.5. The van der Waals surface area contributed by atoms with Gasteiger partial charge >= 0.3 is 5.97 Å². The number of nitrogens with zero attached hydrogens (tertiary/aromatic N) is 3. The fraction of sp³-hybridized carbons (Fsp3) is 0.281. The maximum absolute atomic E-state index is 16.9. The highest BCUT2D eigenvalue weighted by Crippen LogP contribution is 2.59. The van der Waals surface area contributed by atoms with Gasteiger partial charge in [0.25, 0.3) is 35.4 Å². The number of anilines is 2. The first-order valence-electron chi connectivity index (χ1n) is 40.1. The molecular weight excluding hydrogens is 1450 g/mol. The van der Waals surface area contributed by atoms with Crippen molar-refractivity contribution in [3.8, 4) is 80.1 Å². The van der Waals surface area contributed by atoms with Crippen molar-refractivity contribution in [2.24, 2.45) is 23.7 Å². The zero-order valence-electron chi connectivity index (χ0n) is 65.8. The van der Waals surface area contributed by atoms with Crippen LogP contribution in [0.2, 0.25) is 0 Å². The van der Waals surface area contributed by atoms with Crippen LogP contribution in [0.15, 0.2) is 200 Å². The van der Waals surface area contributed by atoms with E-state index in [-0.39, 0.29) is 171 Å². The van der Waals surface area contributed by atoms with Gasteiger partial charge in [-0.3, -0.25) is 28.8 Å². The zero-order valence-corrected chi connectivity index (χ0v) is 65.8. The van der Waals surface area contributed by atoms with Gasteiger partial charge in [0.05, 0.1) is 55.1 Å². The standard InChI is InChI=1S/C96H91N3O16/c1-9-57(10-2)53-107-72-37-27-38-73(108-54-58(11-3)12-4)91(72)97-93(103)68-49-76(111-64-30-20-17-21-31-64)85-86-77(112-65-32-22-18-23-33-65)50-70-84-71(96(106)98(95(70)105)92-74(109-55-59(13-5)14-6)39-28-40-75(92)110-56-60(15-7)16-8)52-79(88(90(84)86)87-78(113-66-34-24-19-25-35-66)51-69(94(97)104)83(68)89(85)87)114-67-36-26-29-63(48-67)62-43-41-61(42-44-62)47-82(102)115-99-80(100)45-46-81(99)101/h17-44,48-52,57-60H,9-16,45-47,53-56H2,1-8H3. The highest BCUT2D eigenvalue weighted by molar-refractivity contribution is 6.48. The molecule has 0 bridgehead atoms. The van der Waals surface area contributed by atoms with E-state index in [4.69, 9.17) is 42.7 Å². The number of fused-ring (bicyclic) bond motifs is 2. The van der Waals surface area contributed by atoms with Crippen LogP contribution < -0.4 is 47.7 Å². The number of ether oxygens (including phenoxy) is 8. The third-order valence-corrected chi connectivity index (χ3v) is 22.6. The summed E-state index contributed by atoms with van der Waals surface area (Å²) in [4.78, 5) is 113. The summed E-state index contributed by atoms with van der Waals surface area (Å²) in [7, 11) is 0. The maximum atomic E-state index is 16.9. The van der Waals surface area contributed by atoms with Crippen LogP contribution in [-0.2, 0) is 25.6 Å². The summed E-state index contributed by atoms with van der Waals surface area (Å²) in [6.07, 6.45) is 6.22. The second kappa shape index (κ2) is 33.9. The fourth-order valence-electron chi connectivity index (χ4n) is 15.6. The van der Waals surface area contributed by atoms with E-state index >= 15 is 19.2 Å². The second-order valence-corrected chi connectivity index (χ2v) is 29.6. The van der Waals surface area contributed by atoms with Crippen molar-refractivity contribution in [3.05, 3.63) is 228 Å². The lowest BCUT2D eigenvalue weighted by Crippen LogP contribution is -2.41. The van der Waals surface area contributed by atoms with Crippen molar-refractivity contribution >= 4 is 95.9 Å². The van der Waals surface area contributed by atoms with Crippen molar-refractivity contribution in [1.29, 1.82) is 0 Å². The third kappa shape index (κ3) is 15.2. The Balaban J connectivity index is 1.04. The van der Waals surface area contributed by atoms with Gasteiger partial charge in [-0.2, -0.15) is 0 Å². The average Bonchev–Trinajstić information content (AvgIpc) is 0.781. The van der Waals surface area contributed by atoms with Gasteiger partial charge in [0.15, 0.2) is 0 Å². The lowest BCUT2D eigenvalue weighted by molar-refractivity contribution is -0.197. The Morgan fingerprint density at radius 2 is 0.617 bits per heavy atom. The third-order valence-electron chi connectivity index (χ3n) is 22.6. The summed E-state index contributed by atoms with van der Waals surface area (Å²) >= 11 is 0. The molecule has 0 radical (unpaired) electrons. The molecule has 15 rings (SSSR count). The molecule has 0 atom stereocenters. The number of benzene rings is 12. The van der Waals surface area contributed by atoms with Crippen LogP contribution in [0, 0.1) is 23.7 Å². The van der Waals surface area contributed by atoms with Crippen LogP contribution in [0.1, 0.15) is 167 Å². The molecule has 1 fully saturated rings. The van der Waals surface area contributed by atoms with E-state index in [1.807, 2.05) is 84.9 Å². The van der Waals surface area contributed by atoms with E-state index in [9.17, 15) is 14.4 Å². The molecule has 1 saturated heterocycles. The normalized spacial score (nSPS) is 13.5. The molecule has 3 aliphatic rings. The minimum absolute atomic E-state index is 0.0388. The molecule has 0 saturated carbocycles. The number of hydroxylamine groups is 2. The fourth-order valence-corrected chi connectivity index (χ4v) is 15.6. The topological polar surface area (TPSA) is 212 Å². The SMILES string of the molecule is CCC(CC)COc1cccc(OCC(CC)CC)c1N1C(=O)c2cc(Oc3ccccc3)c3c4c(Oc5ccccc5)cc5c6c(cc(Oc7cccc(-c8ccc(CC(=O)ON9C(=O)CCC9=O)cc8)c7)c(c7c(Oc8ccccc8)cc(c2c37)C1=O)c64)C(=O)N(c1c(OCC(CC)CC)cccc1OCC(CC)CC)C5=O. The van der Waals surface area contributed by atoms with Gasteiger partial charge in [-0.05, 0) is 137 Å². The monoisotopic (exact) mass is 1540 g/mol. The van der Waals surface area contributed by atoms with Crippen molar-refractivity contribution in [2.75, 3.05) is 36.2 Å². The van der Waals surface area contributed by atoms with Crippen LogP contribution in [0.25, 0.3) is 54.2 Å². The minimum Gasteiger partial charge on any atom is -0.491 e. The van der Waals surface area contributed by atoms with E-state index in [1.165, 1.54) is 0 Å². The Bertz CT molecular complexity index is 5590. The second-order valence-electron chi connectivity index (χ2n) is 29.6. The highest BCUT2D eigenvalue weighted by atomic mass is 16.7. The molecule has 586 valence electrons. The predicted molar refractivity (Wildman–Crippen MR) is 443 cm³/mol. The molecule has 12 aromatic carbocycles. The van der Waals surface area contributed by atoms with Gasteiger partial charge < -0.3 is 42.7 Å². The van der Waals surface area contributed by atoms with Gasteiger partial charge in [0.1, 0.15) is 80.4 Å². The summed E-state index contributed by atoms with van der Waals surface area (Å²) in [5.74, 6) is -1.41. The molecule has 6 amide bonds. The van der Waals surface area contributed by atoms with Crippen LogP contribution in [0.4, 0.5) is 11.4 Å². The molecule has 0 N–H and O–H groups in total. The summed E-state index contributed by atoms with van der Waals surface area (Å²) in [6.45, 7) is 17.9. The van der Waals surface area contributed by atoms with Crippen LogP contribution >= 0.6 is 0 Å². The van der Waals surface area contributed by atoms with E-state index in [2.05, 4.69) is 55.4 Å². The van der Waals surface area contributed by atoms with Crippen LogP contribution in [-0.4, -0.2) is 72.9 Å². The highest BCUT2D eigenvalue weighted by Gasteiger charge is 2.45. The molecule has 0 unspecified atom stereocenters. The van der Waals surface area contributed by atoms with Gasteiger partial charge in [-0.25, -0.2) is 14.6 Å². The molecule has 19 heteroatoms. The van der Waals surface area contributed by atoms with Crippen molar-refractivity contribution in [1.82, 2.24) is 5.06 Å². The minimum atomic E-state index is -0.781. The van der Waals surface area contributed by atoms with Crippen molar-refractivity contribution < 1.29 is 76.3 Å². The van der Waals surface area contributed by atoms with E-state index in [0.717, 1.165) is 61.2 Å². The molecule has 3 aliphatic heterocycles. The Kier molecular flexibility index (Phi) is 22.9. The molecular formula is C96H91N3O16. The van der Waals surface area contributed by atoms with Crippen LogP contribution in [0.5, 0.6) is 69.0 Å². The molecule has 0 aromatic heterocycles. The Labute approximate surface area is 667 Å². The van der Waals surface area contributed by atoms with Crippen molar-refractivity contribution in [3.63, 3.8) is 0 Å². The average molecular weight is 1540 g/mol. The summed E-state index contributed by atoms with van der Waals surface area (Å²) in [6, 6.07) is 59.0. The molecule has 19 nitrogen and oxygen atoms in total. The largest absolute Gasteiger partial charge is 0.491 e. The number of carbonyl (C=O) groups is 7. The first-order valence-corrected chi connectivity index (χ1v) is 40.1. The number of carbonyl (C=O) groups excluding carboxylic acids is 7. The van der Waals surface area contributed by atoms with E-state index in [0.29, 0.717) is 65.9 Å². The van der Waals surface area contributed by atoms with Gasteiger partial charge in [-0.1, -0.05) is 210 Å². The quantitative estimate of drug-likeness (QED) is 0.0208. The molecule has 0 aliphatic carbocycles. The molecule has 3 heterocycles. The Hall–Kier alpha value is -12.8. The van der Waals surface area contributed by atoms with Gasteiger partial charge in [0, 0.05) is 55.9 Å². The molecule has 12 aromatic rings. The smallest absolute Gasteiger partial charge is 0.337 e. The lowest BCUT2D eigenvalue weighted by atomic mass is 9.80. The summed E-state index contributed by atoms with van der Waals surface area (Å²) < 4.78 is 56.6. The molecule has 115 heavy (non-hydrogen) atoms. The van der Waals surface area contributed by atoms with Gasteiger partial charge in [0.2, 0.25) is 0 Å². The number of hydrogen-bond donors (Lipinski definition) is 0. The number of rotatable bonds is 34. The maximum Gasteiger partial charge on any atom is 0.337 e. The predicted octanol–water partition coefficient (Wildman–Crippen LogP) is 22.6. The zero-order chi connectivity index (χ0) is 80.1. The van der Waals surface area contributed by atoms with Crippen LogP contribution in [0.3, 0.4) is 0 Å². The first-order chi connectivity index (χ1) is 56.1. The Morgan fingerprint density at radius 3 is 0.939 bits per heavy atom. The lowest BCUT2D eigenvalue weighted by Gasteiger charge is -2.34. The van der Waals surface area contributed by atoms with Crippen molar-refractivity contribution in [2.45, 2.75) is 126 Å². The summed E-state index contributed by atoms with van der Waals surface area (Å²) in [5, 5.41) is 2.80.